The largest absolute Gasteiger partial charge is 0.507 e. The van der Waals surface area contributed by atoms with Crippen LogP contribution in [0, 0.1) is 27.6 Å². The van der Waals surface area contributed by atoms with Gasteiger partial charge in [0.25, 0.3) is 0 Å². The average molecular weight is 711 g/mol. The Bertz CT molecular complexity index is 3010. The summed E-state index contributed by atoms with van der Waals surface area (Å²) < 4.78 is 60.2. The lowest BCUT2D eigenvalue weighted by Gasteiger charge is -2.22. The number of nitrogens with zero attached hydrogens (tertiary/aromatic N) is 3. The molecule has 2 aromatic heterocycles. The van der Waals surface area contributed by atoms with Crippen LogP contribution in [0.4, 0.5) is 0 Å². The molecule has 8 aromatic rings. The van der Waals surface area contributed by atoms with Crippen LogP contribution in [0.15, 0.2) is 140 Å². The molecule has 0 aliphatic carbocycles. The number of hydrogen-bond acceptors (Lipinski definition) is 3. The Morgan fingerprint density at radius 1 is 0.630 bits per heavy atom. The molecule has 0 atom stereocenters. The number of rotatable bonds is 6. The number of imidazole rings is 1. The molecule has 8 rings (SSSR count). The van der Waals surface area contributed by atoms with Gasteiger partial charge in [-0.25, -0.2) is 4.98 Å². The van der Waals surface area contributed by atoms with Crippen molar-refractivity contribution in [2.45, 2.75) is 53.8 Å². The third-order valence-electron chi connectivity index (χ3n) is 10.0. The maximum atomic E-state index is 11.6. The smallest absolute Gasteiger partial charge is 0.149 e. The van der Waals surface area contributed by atoms with Crippen LogP contribution in [-0.2, 0) is 5.41 Å². The van der Waals surface area contributed by atoms with Crippen molar-refractivity contribution in [3.8, 4) is 67.5 Å². The van der Waals surface area contributed by atoms with Crippen LogP contribution in [0.2, 0.25) is 0 Å². The van der Waals surface area contributed by atoms with Crippen LogP contribution in [0.5, 0.6) is 5.75 Å². The minimum absolute atomic E-state index is 0.00311. The molecule has 6 aromatic carbocycles. The van der Waals surface area contributed by atoms with Gasteiger partial charge in [-0.3, -0.25) is 9.55 Å². The zero-order chi connectivity index (χ0) is 43.7. The highest BCUT2D eigenvalue weighted by atomic mass is 16.3. The number of pyridine rings is 1. The van der Waals surface area contributed by atoms with Crippen molar-refractivity contribution in [1.29, 1.82) is 0 Å². The molecule has 0 aliphatic heterocycles. The summed E-state index contributed by atoms with van der Waals surface area (Å²) in [5.41, 5.74) is 11.7. The van der Waals surface area contributed by atoms with Crippen molar-refractivity contribution in [3.05, 3.63) is 167 Å². The van der Waals surface area contributed by atoms with Crippen LogP contribution in [0.1, 0.15) is 58.2 Å². The fraction of sp³-hybridized carbons (Fsp3) is 0.160. The third kappa shape index (κ3) is 6.49. The van der Waals surface area contributed by atoms with E-state index in [1.807, 2.05) is 68.4 Å². The Hall–Kier alpha value is -6.26. The minimum atomic E-state index is -2.81. The van der Waals surface area contributed by atoms with Crippen LogP contribution in [-0.4, -0.2) is 19.6 Å². The second-order valence-corrected chi connectivity index (χ2v) is 15.0. The summed E-state index contributed by atoms with van der Waals surface area (Å²) in [4.78, 5) is 10.1. The lowest BCUT2D eigenvalue weighted by atomic mass is 9.83. The highest BCUT2D eigenvalue weighted by Crippen LogP contribution is 2.41. The van der Waals surface area contributed by atoms with Gasteiger partial charge in [-0.1, -0.05) is 111 Å². The van der Waals surface area contributed by atoms with Crippen LogP contribution >= 0.6 is 0 Å². The number of hydrogen-bond donors (Lipinski definition) is 1. The quantitative estimate of drug-likeness (QED) is 0.187. The second-order valence-electron chi connectivity index (χ2n) is 15.0. The van der Waals surface area contributed by atoms with Gasteiger partial charge in [-0.05, 0) is 132 Å². The summed E-state index contributed by atoms with van der Waals surface area (Å²) >= 11 is 0. The molecule has 0 saturated carbocycles. The third-order valence-corrected chi connectivity index (χ3v) is 10.0. The number of aromatic hydroxyl groups is 1. The van der Waals surface area contributed by atoms with Gasteiger partial charge in [0.15, 0.2) is 0 Å². The number of para-hydroxylation sites is 1. The van der Waals surface area contributed by atoms with E-state index in [2.05, 4.69) is 74.7 Å². The molecule has 0 unspecified atom stereocenters. The Morgan fingerprint density at radius 2 is 1.41 bits per heavy atom. The standard InChI is InChI=1S/C50H45N3O/c1-31-16-18-35(19-17-31)37-22-23-51-45(30-37)39-27-38(28-40(29-39)50(5,6)7)43-14-11-15-46-47(43)52-49(44-25-32(2)24-34(4)48(44)54)53(46)41-20-21-42(33(3)26-41)36-12-9-8-10-13-36/h8-30,54H,1-7H3/i1D3,16D,17D,18D,19D. The summed E-state index contributed by atoms with van der Waals surface area (Å²) in [7, 11) is 0. The summed E-state index contributed by atoms with van der Waals surface area (Å²) in [6.45, 7) is 9.60. The first-order valence-corrected chi connectivity index (χ1v) is 18.1. The highest BCUT2D eigenvalue weighted by molar-refractivity contribution is 5.97. The summed E-state index contributed by atoms with van der Waals surface area (Å²) in [6, 6.07) is 34.3. The van der Waals surface area contributed by atoms with Crippen molar-refractivity contribution in [1.82, 2.24) is 14.5 Å². The van der Waals surface area contributed by atoms with Crippen molar-refractivity contribution >= 4 is 11.0 Å². The fourth-order valence-electron chi connectivity index (χ4n) is 7.20. The van der Waals surface area contributed by atoms with Gasteiger partial charge >= 0.3 is 0 Å². The van der Waals surface area contributed by atoms with Gasteiger partial charge in [-0.15, -0.1) is 0 Å². The number of aryl methyl sites for hydroxylation is 3. The molecule has 0 saturated heterocycles. The highest BCUT2D eigenvalue weighted by Gasteiger charge is 2.23. The van der Waals surface area contributed by atoms with E-state index in [1.165, 1.54) is 0 Å². The van der Waals surface area contributed by atoms with E-state index in [0.29, 0.717) is 22.6 Å². The summed E-state index contributed by atoms with van der Waals surface area (Å²) in [5.74, 6) is 0.767. The predicted octanol–water partition coefficient (Wildman–Crippen LogP) is 13.0. The molecule has 0 amide bonds. The first-order valence-electron chi connectivity index (χ1n) is 21.6. The lowest BCUT2D eigenvalue weighted by Crippen LogP contribution is -2.11. The Balaban J connectivity index is 1.34. The van der Waals surface area contributed by atoms with Crippen molar-refractivity contribution in [2.24, 2.45) is 0 Å². The molecular weight excluding hydrogens is 659 g/mol. The molecule has 1 N–H and O–H groups in total. The van der Waals surface area contributed by atoms with E-state index in [0.717, 1.165) is 66.8 Å². The molecule has 0 radical (unpaired) electrons. The van der Waals surface area contributed by atoms with Gasteiger partial charge in [-0.2, -0.15) is 0 Å². The normalized spacial score (nSPS) is 13.8. The van der Waals surface area contributed by atoms with Crippen molar-refractivity contribution < 1.29 is 14.7 Å². The number of aromatic nitrogens is 3. The van der Waals surface area contributed by atoms with Gasteiger partial charge < -0.3 is 5.11 Å². The summed E-state index contributed by atoms with van der Waals surface area (Å²) in [6.07, 6.45) is 1.56. The zero-order valence-electron chi connectivity index (χ0n) is 38.3. The number of phenols is 1. The molecule has 266 valence electrons. The van der Waals surface area contributed by atoms with Crippen molar-refractivity contribution in [2.75, 3.05) is 0 Å². The second kappa shape index (κ2) is 13.6. The zero-order valence-corrected chi connectivity index (χ0v) is 31.3. The van der Waals surface area contributed by atoms with Gasteiger partial charge in [0.1, 0.15) is 11.6 Å². The van der Waals surface area contributed by atoms with E-state index in [4.69, 9.17) is 19.6 Å². The lowest BCUT2D eigenvalue weighted by molar-refractivity contribution is 0.472. The molecule has 2 heterocycles. The molecule has 0 bridgehead atoms. The van der Waals surface area contributed by atoms with E-state index in [1.54, 1.807) is 18.3 Å². The Labute approximate surface area is 328 Å². The average Bonchev–Trinajstić information content (AvgIpc) is 3.61. The number of benzene rings is 6. The monoisotopic (exact) mass is 710 g/mol. The SMILES string of the molecule is [2H]c1c([2H])c(C([2H])([2H])[2H])c([2H])c([2H])c1-c1ccnc(-c2cc(-c3cccc4c3nc(-c3cc(C)cc(C)c3O)n4-c3ccc(-c4ccccc4)c(C)c3)cc(C(C)(C)C)c2)c1. The molecular formula is C50H45N3O. The molecule has 54 heavy (non-hydrogen) atoms. The molecule has 0 spiro atoms. The van der Waals surface area contributed by atoms with Gasteiger partial charge in [0.2, 0.25) is 0 Å². The molecule has 0 fully saturated rings. The van der Waals surface area contributed by atoms with E-state index in [9.17, 15) is 5.11 Å². The molecule has 0 aliphatic rings. The van der Waals surface area contributed by atoms with Crippen LogP contribution in [0.25, 0.3) is 72.7 Å². The fourth-order valence-corrected chi connectivity index (χ4v) is 7.20. The van der Waals surface area contributed by atoms with Gasteiger partial charge in [0.05, 0.1) is 27.8 Å². The van der Waals surface area contributed by atoms with Gasteiger partial charge in [0, 0.05) is 27.1 Å². The number of phenolic OH excluding ortho intramolecular Hbond substituents is 1. The Kier molecular flexibility index (Phi) is 6.90. The predicted molar refractivity (Wildman–Crippen MR) is 225 cm³/mol. The first kappa shape index (κ1) is 27.4. The van der Waals surface area contributed by atoms with Crippen LogP contribution < -0.4 is 0 Å². The number of fused-ring (bicyclic) bond motifs is 1. The van der Waals surface area contributed by atoms with E-state index >= 15 is 0 Å². The first-order chi connectivity index (χ1) is 28.8. The van der Waals surface area contributed by atoms with Crippen molar-refractivity contribution in [3.63, 3.8) is 0 Å². The minimum Gasteiger partial charge on any atom is -0.507 e. The molecule has 4 heteroatoms. The van der Waals surface area contributed by atoms with E-state index in [-0.39, 0.29) is 16.7 Å². The summed E-state index contributed by atoms with van der Waals surface area (Å²) in [5, 5.41) is 11.6. The molecule has 4 nitrogen and oxygen atoms in total. The van der Waals surface area contributed by atoms with E-state index < -0.39 is 36.6 Å². The van der Waals surface area contributed by atoms with Crippen LogP contribution in [0.3, 0.4) is 0 Å². The topological polar surface area (TPSA) is 50.9 Å². The maximum absolute atomic E-state index is 11.6. The maximum Gasteiger partial charge on any atom is 0.149 e. The Morgan fingerprint density at radius 3 is 2.15 bits per heavy atom.